The Morgan fingerprint density at radius 2 is 1.43 bits per heavy atom. The average Bonchev–Trinajstić information content (AvgIpc) is 1.72. The van der Waals surface area contributed by atoms with E-state index in [4.69, 9.17) is 92.6 Å². The third-order valence-corrected chi connectivity index (χ3v) is 23.4. The maximum Gasteiger partial charge on any atom is 0.329 e. The minimum atomic E-state index is -2.48. The van der Waals surface area contributed by atoms with Gasteiger partial charge in [0.15, 0.2) is 23.6 Å². The minimum Gasteiger partial charge on any atom is -0.460 e. The van der Waals surface area contributed by atoms with E-state index in [2.05, 4.69) is 30.6 Å². The minimum absolute atomic E-state index is 0.00359. The molecule has 36 nitrogen and oxygen atoms in total. The van der Waals surface area contributed by atoms with E-state index < -0.39 is 90.0 Å². The number of rotatable bonds is 42. The van der Waals surface area contributed by atoms with Crippen molar-refractivity contribution in [1.82, 2.24) is 49.9 Å². The molecule has 3 aliphatic heterocycles. The quantitative estimate of drug-likeness (QED) is 0.00708. The largest absolute Gasteiger partial charge is 0.460 e. The number of carbonyl (C=O) groups excluding carboxylic acids is 5. The third kappa shape index (κ3) is 31.2. The topological polar surface area (TPSA) is 455 Å². The van der Waals surface area contributed by atoms with Crippen LogP contribution < -0.4 is 16.8 Å². The van der Waals surface area contributed by atoms with Crippen molar-refractivity contribution >= 4 is 69.0 Å². The molecule has 2 amide bonds. The van der Waals surface area contributed by atoms with Gasteiger partial charge in [-0.2, -0.15) is 10.1 Å². The number of hydrogen-bond acceptors (Lipinski definition) is 32. The molecule has 1 aliphatic carbocycles. The van der Waals surface area contributed by atoms with E-state index in [-0.39, 0.29) is 74.5 Å². The van der Waals surface area contributed by atoms with Crippen LogP contribution in [-0.4, -0.2) is 290 Å². The van der Waals surface area contributed by atoms with Crippen LogP contribution in [0.15, 0.2) is 87.9 Å². The van der Waals surface area contributed by atoms with Crippen LogP contribution >= 0.6 is 0 Å². The number of allylic oxidation sites excluding steroid dienone is 6. The first-order valence-electron chi connectivity index (χ1n) is 44.1. The highest BCUT2D eigenvalue weighted by Crippen LogP contribution is 2.39. The molecule has 125 heavy (non-hydrogen) atoms. The van der Waals surface area contributed by atoms with Crippen molar-refractivity contribution in [1.29, 1.82) is 0 Å². The van der Waals surface area contributed by atoms with Crippen molar-refractivity contribution in [2.75, 3.05) is 152 Å². The van der Waals surface area contributed by atoms with Crippen molar-refractivity contribution < 1.29 is 110 Å². The molecule has 2 saturated heterocycles. The van der Waals surface area contributed by atoms with Crippen LogP contribution in [0.1, 0.15) is 150 Å². The molecule has 694 valence electrons. The number of benzene rings is 1. The average molecular weight is 1760 g/mol. The van der Waals surface area contributed by atoms with E-state index in [1.807, 2.05) is 77.1 Å². The lowest BCUT2D eigenvalue weighted by molar-refractivity contribution is -0.265. The molecule has 15 atom stereocenters. The molecule has 1 saturated carbocycles. The van der Waals surface area contributed by atoms with Gasteiger partial charge in [-0.25, -0.2) is 24.1 Å². The number of anilines is 2. The fraction of sp³-hybridized carbons (Fsp3) is 0.685. The van der Waals surface area contributed by atoms with Gasteiger partial charge in [0.05, 0.1) is 154 Å². The molecule has 0 spiro atoms. The third-order valence-electron chi connectivity index (χ3n) is 23.4. The molecule has 8 N–H and O–H groups in total. The smallest absolute Gasteiger partial charge is 0.329 e. The highest BCUT2D eigenvalue weighted by molar-refractivity contribution is 6.39. The van der Waals surface area contributed by atoms with E-state index in [9.17, 15) is 34.5 Å². The van der Waals surface area contributed by atoms with E-state index in [1.54, 1.807) is 55.8 Å². The number of Topliss-reactive ketones (excluding diaryl/α,β-unsaturated/α-hetero) is 2. The van der Waals surface area contributed by atoms with Crippen LogP contribution in [0.4, 0.5) is 11.8 Å². The molecular weight excluding hydrogens is 1620 g/mol. The summed E-state index contributed by atoms with van der Waals surface area (Å²) in [6.45, 7) is 20.3. The zero-order chi connectivity index (χ0) is 89.6. The molecule has 36 heteroatoms. The highest BCUT2D eigenvalue weighted by atomic mass is 16.6. The van der Waals surface area contributed by atoms with Crippen molar-refractivity contribution in [3.63, 3.8) is 0 Å². The van der Waals surface area contributed by atoms with Crippen LogP contribution in [-0.2, 0) is 110 Å². The summed E-state index contributed by atoms with van der Waals surface area (Å²) in [5.74, 6) is -7.62. The Morgan fingerprint density at radius 1 is 0.752 bits per heavy atom. The van der Waals surface area contributed by atoms with Crippen molar-refractivity contribution in [2.45, 2.75) is 219 Å². The number of nitrogens with zero attached hydrogens (tertiary/aromatic N) is 10. The van der Waals surface area contributed by atoms with Crippen molar-refractivity contribution in [3.8, 4) is 11.3 Å². The monoisotopic (exact) mass is 1750 g/mol. The summed E-state index contributed by atoms with van der Waals surface area (Å²) in [5.41, 5.74) is 17.4. The molecule has 0 radical (unpaired) electrons. The molecule has 5 aromatic rings. The molecule has 1 aromatic carbocycles. The second kappa shape index (κ2) is 52.8. The number of oxime groups is 1. The van der Waals surface area contributed by atoms with E-state index in [1.165, 1.54) is 18.3 Å². The summed E-state index contributed by atoms with van der Waals surface area (Å²) in [7, 11) is 4.55. The lowest BCUT2D eigenvalue weighted by atomic mass is 9.78. The number of unbranched alkanes of at least 4 members (excludes halogenated alkanes) is 1. The summed E-state index contributed by atoms with van der Waals surface area (Å²) < 4.78 is 84.3. The predicted octanol–water partition coefficient (Wildman–Crippen LogP) is 8.01. The maximum atomic E-state index is 15.1. The van der Waals surface area contributed by atoms with Gasteiger partial charge in [-0.1, -0.05) is 81.4 Å². The first-order chi connectivity index (χ1) is 60.4. The number of oxazole rings is 1. The van der Waals surface area contributed by atoms with Gasteiger partial charge in [0.2, 0.25) is 11.7 Å². The summed E-state index contributed by atoms with van der Waals surface area (Å²) in [6.07, 6.45) is 15.8. The fourth-order valence-electron chi connectivity index (χ4n) is 16.1. The lowest BCUT2D eigenvalue weighted by Gasteiger charge is -2.42. The number of aliphatic hydroxyl groups is 3. The molecule has 2 bridgehead atoms. The molecule has 4 aromatic heterocycles. The van der Waals surface area contributed by atoms with Crippen LogP contribution in [0.3, 0.4) is 0 Å². The number of methoxy groups -OCH3 is 3. The summed E-state index contributed by atoms with van der Waals surface area (Å²) >= 11 is 0. The zero-order valence-corrected chi connectivity index (χ0v) is 74.5. The number of nitrogen functional groups attached to an aromatic ring is 2. The van der Waals surface area contributed by atoms with Gasteiger partial charge in [0.1, 0.15) is 53.4 Å². The van der Waals surface area contributed by atoms with Gasteiger partial charge >= 0.3 is 5.97 Å². The van der Waals surface area contributed by atoms with Crippen molar-refractivity contribution in [3.05, 3.63) is 84.0 Å². The molecule has 7 heterocycles. The standard InChI is InChI=1S/C89H135N13O23/c1-58-18-12-11-13-19-59(2)74(111-8)53-68-24-21-64(7)89(110,125-68)83(107)86(108)101-29-16-14-20-71(101)87(109)123-75(61(4)50-65-22-25-72(103)76(51-65)112-9)54-69(60(3)49-63(6)81(106)82(113-10)80(105)62(5)48-58)98-122-56-67-55-100(99-96-67)31-33-115-35-37-117-39-41-119-43-45-121-47-46-120-44-42-118-40-38-116-36-34-114-32-27-77(104)92-28-15-17-30-102-85-78(84(90)93-57-94-85)79(97-102)66-23-26-73-70(52-66)95-88(91)124-73/h11-13,18-19,23,26,49,52,55,57-58,60-62,64-65,68,71-72,74-76,81-82,103,106,110H,14-17,20-22,24-25,27-48,50-51,53-54,56H2,1-10H3,(H2,91,95)(H,92,104)(H2,90,93,94)/b13-11+,18-12+,59-19+,63-49+,98-69?/t58-,60-,61-,62-,64-,65+,68+,71+,72-,74+,75+,76-,81-,82+,89-/m1/s1. The number of aliphatic hydroxyl groups excluding tert-OH is 2. The number of nitrogens with two attached hydrogens (primary N) is 2. The first-order valence-corrected chi connectivity index (χ1v) is 44.1. The Hall–Kier alpha value is -8.44. The zero-order valence-electron chi connectivity index (χ0n) is 74.5. The SMILES string of the molecule is CO[C@H]1C[C@@H]2CC[C@@H](C)[C@@](O)(O2)C(=O)C(=O)N2CCCC[C@H]2C(=O)O[C@H]([C@H](C)C[C@@H]2CC[C@@H](O)[C@H](OC)C2)CC(=NOCc2cn(CCOCCOCCOCCOCCOCCOCCOCCOCCC(=O)NCCCCn3nc(-c4ccc5oc(N)nc5c4)c4c(N)ncnc43)nn2)[C@H](C)/C=C(\C)[C@@H](O)[C@@H](OC)C(=O)[C@H](C)C[C@H](C)/C=C/C=C/C=C/1C. The summed E-state index contributed by atoms with van der Waals surface area (Å²) in [6, 6.07) is 4.38. The number of hydrogen-bond donors (Lipinski definition) is 6. The first kappa shape index (κ1) is 100. The van der Waals surface area contributed by atoms with Crippen LogP contribution in [0.5, 0.6) is 0 Å². The fourth-order valence-corrected chi connectivity index (χ4v) is 16.1. The number of esters is 1. The van der Waals surface area contributed by atoms with Gasteiger partial charge in [-0.05, 0) is 138 Å². The van der Waals surface area contributed by atoms with Gasteiger partial charge in [-0.15, -0.1) is 5.10 Å². The number of amides is 2. The van der Waals surface area contributed by atoms with E-state index in [0.717, 1.165) is 24.0 Å². The van der Waals surface area contributed by atoms with Gasteiger partial charge in [0, 0.05) is 83.5 Å². The Bertz CT molecular complexity index is 4300. The molecule has 3 fully saturated rings. The number of carbonyl (C=O) groups is 5. The number of aromatic nitrogens is 8. The van der Waals surface area contributed by atoms with Crippen molar-refractivity contribution in [2.24, 2.45) is 40.7 Å². The molecule has 4 aliphatic rings. The number of nitrogens with one attached hydrogen (secondary N) is 1. The molecular formula is C89H135N13O23. The Kier molecular flexibility index (Phi) is 42.3. The maximum absolute atomic E-state index is 15.1. The lowest BCUT2D eigenvalue weighted by Crippen LogP contribution is -2.61. The highest BCUT2D eigenvalue weighted by Gasteiger charge is 2.53. The predicted molar refractivity (Wildman–Crippen MR) is 463 cm³/mol. The molecule has 0 unspecified atom stereocenters. The number of piperidine rings is 1. The van der Waals surface area contributed by atoms with E-state index >= 15 is 4.79 Å². The number of ketones is 2. The normalized spacial score (nSPS) is 27.1. The van der Waals surface area contributed by atoms with Gasteiger partial charge in [0.25, 0.3) is 17.7 Å². The van der Waals surface area contributed by atoms with Crippen LogP contribution in [0.25, 0.3) is 33.4 Å². The second-order valence-electron chi connectivity index (χ2n) is 32.9. The van der Waals surface area contributed by atoms with Crippen LogP contribution in [0.2, 0.25) is 0 Å². The van der Waals surface area contributed by atoms with Gasteiger partial charge < -0.3 is 108 Å². The Morgan fingerprint density at radius 3 is 2.10 bits per heavy atom. The summed E-state index contributed by atoms with van der Waals surface area (Å²) in [5, 5.41) is 56.8. The number of cyclic esters (lactones) is 1. The number of ether oxygens (including phenoxy) is 13. The summed E-state index contributed by atoms with van der Waals surface area (Å²) in [4.78, 5) is 91.3. The van der Waals surface area contributed by atoms with E-state index in [0.29, 0.717) is 234 Å². The number of fused-ring (bicyclic) bond motifs is 5. The number of aryl methyl sites for hydroxylation is 1. The second-order valence-corrected chi connectivity index (χ2v) is 32.9. The van der Waals surface area contributed by atoms with Gasteiger partial charge in [-0.3, -0.25) is 19.2 Å². The Balaban J connectivity index is 0.660. The Labute approximate surface area is 732 Å². The molecule has 9 rings (SSSR count). The van der Waals surface area contributed by atoms with Crippen LogP contribution in [0, 0.1) is 35.5 Å².